The highest BCUT2D eigenvalue weighted by Gasteiger charge is 2.06. The van der Waals surface area contributed by atoms with Gasteiger partial charge in [0.25, 0.3) is 0 Å². The zero-order valence-electron chi connectivity index (χ0n) is 16.1. The van der Waals surface area contributed by atoms with Gasteiger partial charge in [0.1, 0.15) is 24.8 Å². The van der Waals surface area contributed by atoms with Gasteiger partial charge in [0.05, 0.1) is 24.2 Å². The second kappa shape index (κ2) is 8.29. The van der Waals surface area contributed by atoms with E-state index in [0.717, 1.165) is 23.1 Å². The van der Waals surface area contributed by atoms with Crippen LogP contribution in [0.4, 0.5) is 17.2 Å². The highest BCUT2D eigenvalue weighted by Crippen LogP contribution is 2.24. The summed E-state index contributed by atoms with van der Waals surface area (Å²) in [5.74, 6) is 0.596. The van der Waals surface area contributed by atoms with Crippen LogP contribution in [0.3, 0.4) is 0 Å². The summed E-state index contributed by atoms with van der Waals surface area (Å²) >= 11 is 0. The lowest BCUT2D eigenvalue weighted by molar-refractivity contribution is 0.607. The number of benzene rings is 2. The lowest BCUT2D eigenvalue weighted by Crippen LogP contribution is -2.09. The maximum Gasteiger partial charge on any atom is 0.229 e. The summed E-state index contributed by atoms with van der Waals surface area (Å²) in [6.07, 6.45) is 5.78. The molecule has 0 aliphatic heterocycles. The zero-order valence-corrected chi connectivity index (χ0v) is 16.9. The van der Waals surface area contributed by atoms with Crippen molar-refractivity contribution in [2.75, 3.05) is 16.3 Å². The lowest BCUT2D eigenvalue weighted by Gasteiger charge is -2.10. The second-order valence-electron chi connectivity index (χ2n) is 6.66. The Kier molecular flexibility index (Phi) is 5.40. The van der Waals surface area contributed by atoms with Crippen LogP contribution in [-0.4, -0.2) is 39.4 Å². The number of hydrogen-bond acceptors (Lipinski definition) is 7. The molecule has 4 aromatic rings. The first-order chi connectivity index (χ1) is 14.4. The van der Waals surface area contributed by atoms with Crippen molar-refractivity contribution in [2.45, 2.75) is 6.54 Å². The first kappa shape index (κ1) is 19.5. The Morgan fingerprint density at radius 1 is 0.967 bits per heavy atom. The standard InChI is InChI=1S/C20H19N7O2S/c1-30(28,29)26-18-7-3-6-17(9-18)25-20-10-19(22-13-23-20)16-5-2-4-15(8-16)11-27-14-21-12-24-27/h2-10,12-14,26H,11H2,1H3,(H,22,23,25). The Bertz CT molecular complexity index is 1260. The molecule has 0 fully saturated rings. The van der Waals surface area contributed by atoms with E-state index in [1.165, 1.54) is 12.7 Å². The highest BCUT2D eigenvalue weighted by molar-refractivity contribution is 7.92. The fourth-order valence-corrected chi connectivity index (χ4v) is 3.49. The number of nitrogens with zero attached hydrogens (tertiary/aromatic N) is 5. The minimum absolute atomic E-state index is 0.470. The summed E-state index contributed by atoms with van der Waals surface area (Å²) in [6, 6.07) is 16.8. The quantitative estimate of drug-likeness (QED) is 0.471. The Hall–Kier alpha value is -3.79. The van der Waals surface area contributed by atoms with Crippen LogP contribution in [-0.2, 0) is 16.6 Å². The largest absolute Gasteiger partial charge is 0.340 e. The topological polar surface area (TPSA) is 115 Å². The van der Waals surface area contributed by atoms with Gasteiger partial charge >= 0.3 is 0 Å². The molecular formula is C20H19N7O2S. The van der Waals surface area contributed by atoms with Gasteiger partial charge in [0.2, 0.25) is 10.0 Å². The van der Waals surface area contributed by atoms with Crippen molar-refractivity contribution in [3.63, 3.8) is 0 Å². The third-order valence-electron chi connectivity index (χ3n) is 4.14. The van der Waals surface area contributed by atoms with Crippen LogP contribution in [0.15, 0.2) is 73.6 Å². The number of anilines is 3. The van der Waals surface area contributed by atoms with E-state index < -0.39 is 10.0 Å². The van der Waals surface area contributed by atoms with Gasteiger partial charge in [-0.25, -0.2) is 28.1 Å². The number of sulfonamides is 1. The van der Waals surface area contributed by atoms with Crippen molar-refractivity contribution in [3.8, 4) is 11.3 Å². The van der Waals surface area contributed by atoms with Gasteiger partial charge in [-0.3, -0.25) is 4.72 Å². The molecule has 152 valence electrons. The molecule has 2 heterocycles. The van der Waals surface area contributed by atoms with Crippen molar-refractivity contribution < 1.29 is 8.42 Å². The molecule has 2 aromatic heterocycles. The summed E-state index contributed by atoms with van der Waals surface area (Å²) in [6.45, 7) is 0.615. The van der Waals surface area contributed by atoms with Gasteiger partial charge in [0, 0.05) is 17.3 Å². The van der Waals surface area contributed by atoms with Crippen molar-refractivity contribution in [3.05, 3.63) is 79.1 Å². The molecule has 0 radical (unpaired) electrons. The molecule has 0 spiro atoms. The average Bonchev–Trinajstić information content (AvgIpc) is 3.20. The number of nitrogens with one attached hydrogen (secondary N) is 2. The SMILES string of the molecule is CS(=O)(=O)Nc1cccc(Nc2cc(-c3cccc(Cn4cncn4)c3)ncn2)c1. The van der Waals surface area contributed by atoms with Gasteiger partial charge in [-0.1, -0.05) is 24.3 Å². The van der Waals surface area contributed by atoms with E-state index in [1.54, 1.807) is 29.2 Å². The average molecular weight is 421 g/mol. The monoisotopic (exact) mass is 421 g/mol. The normalized spacial score (nSPS) is 11.2. The molecular weight excluding hydrogens is 402 g/mol. The van der Waals surface area contributed by atoms with E-state index in [-0.39, 0.29) is 0 Å². The van der Waals surface area contributed by atoms with Crippen LogP contribution >= 0.6 is 0 Å². The van der Waals surface area contributed by atoms with Crippen LogP contribution in [0.25, 0.3) is 11.3 Å². The molecule has 0 aliphatic rings. The summed E-state index contributed by atoms with van der Waals surface area (Å²) in [7, 11) is -3.35. The Morgan fingerprint density at radius 2 is 1.80 bits per heavy atom. The predicted molar refractivity (Wildman–Crippen MR) is 115 cm³/mol. The highest BCUT2D eigenvalue weighted by atomic mass is 32.2. The summed E-state index contributed by atoms with van der Waals surface area (Å²) in [4.78, 5) is 12.6. The molecule has 30 heavy (non-hydrogen) atoms. The van der Waals surface area contributed by atoms with Crippen molar-refractivity contribution in [2.24, 2.45) is 0 Å². The van der Waals surface area contributed by atoms with Crippen LogP contribution in [0.1, 0.15) is 5.56 Å². The Labute approximate surface area is 173 Å². The fraction of sp³-hybridized carbons (Fsp3) is 0.100. The second-order valence-corrected chi connectivity index (χ2v) is 8.41. The van der Waals surface area contributed by atoms with Crippen LogP contribution < -0.4 is 10.0 Å². The van der Waals surface area contributed by atoms with E-state index in [4.69, 9.17) is 0 Å². The van der Waals surface area contributed by atoms with E-state index >= 15 is 0 Å². The number of aromatic nitrogens is 5. The zero-order chi connectivity index (χ0) is 21.0. The van der Waals surface area contributed by atoms with E-state index in [1.807, 2.05) is 36.4 Å². The Morgan fingerprint density at radius 3 is 2.60 bits per heavy atom. The molecule has 4 rings (SSSR count). The van der Waals surface area contributed by atoms with Crippen molar-refractivity contribution >= 4 is 27.2 Å². The molecule has 2 N–H and O–H groups in total. The first-order valence-electron chi connectivity index (χ1n) is 9.03. The van der Waals surface area contributed by atoms with Gasteiger partial charge in [0.15, 0.2) is 0 Å². The van der Waals surface area contributed by atoms with E-state index in [9.17, 15) is 8.42 Å². The predicted octanol–water partition coefficient (Wildman–Crippen LogP) is 2.90. The van der Waals surface area contributed by atoms with E-state index in [2.05, 4.69) is 30.1 Å². The van der Waals surface area contributed by atoms with Crippen LogP contribution in [0.2, 0.25) is 0 Å². The fourth-order valence-electron chi connectivity index (χ4n) is 2.94. The molecule has 2 aromatic carbocycles. The molecule has 0 aliphatic carbocycles. The van der Waals surface area contributed by atoms with Gasteiger partial charge in [-0.15, -0.1) is 0 Å². The lowest BCUT2D eigenvalue weighted by atomic mass is 10.1. The van der Waals surface area contributed by atoms with Crippen molar-refractivity contribution in [1.82, 2.24) is 24.7 Å². The van der Waals surface area contributed by atoms with Crippen molar-refractivity contribution in [1.29, 1.82) is 0 Å². The minimum Gasteiger partial charge on any atom is -0.340 e. The molecule has 0 bridgehead atoms. The van der Waals surface area contributed by atoms with E-state index in [0.29, 0.717) is 23.7 Å². The molecule has 0 atom stereocenters. The first-order valence-corrected chi connectivity index (χ1v) is 10.9. The third kappa shape index (κ3) is 5.17. The maximum absolute atomic E-state index is 11.4. The van der Waals surface area contributed by atoms with Crippen LogP contribution in [0.5, 0.6) is 0 Å². The third-order valence-corrected chi connectivity index (χ3v) is 4.75. The molecule has 0 unspecified atom stereocenters. The molecule has 9 nitrogen and oxygen atoms in total. The number of hydrogen-bond donors (Lipinski definition) is 2. The minimum atomic E-state index is -3.35. The maximum atomic E-state index is 11.4. The Balaban J connectivity index is 1.54. The van der Waals surface area contributed by atoms with Gasteiger partial charge < -0.3 is 5.32 Å². The van der Waals surface area contributed by atoms with Crippen LogP contribution in [0, 0.1) is 0 Å². The molecule has 10 heteroatoms. The van der Waals surface area contributed by atoms with Gasteiger partial charge in [-0.05, 0) is 29.8 Å². The molecule has 0 amide bonds. The molecule has 0 saturated carbocycles. The summed E-state index contributed by atoms with van der Waals surface area (Å²) < 4.78 is 27.1. The molecule has 0 saturated heterocycles. The summed E-state index contributed by atoms with van der Waals surface area (Å²) in [5, 5.41) is 7.31. The number of rotatable bonds is 7. The summed E-state index contributed by atoms with van der Waals surface area (Å²) in [5.41, 5.74) is 3.96. The van der Waals surface area contributed by atoms with Gasteiger partial charge in [-0.2, -0.15) is 5.10 Å². The smallest absolute Gasteiger partial charge is 0.229 e.